The first-order chi connectivity index (χ1) is 19.3. The molecular weight excluding hydrogens is 506 g/mol. The first-order valence-electron chi connectivity index (χ1n) is 14.7. The molecule has 2 aromatic rings. The van der Waals surface area contributed by atoms with Gasteiger partial charge in [-0.3, -0.25) is 14.5 Å². The highest BCUT2D eigenvalue weighted by atomic mass is 16.5. The van der Waals surface area contributed by atoms with Gasteiger partial charge in [0.25, 0.3) is 5.91 Å². The van der Waals surface area contributed by atoms with Gasteiger partial charge < -0.3 is 25.2 Å². The maximum Gasteiger partial charge on any atom is 0.251 e. The van der Waals surface area contributed by atoms with Crippen LogP contribution in [0.1, 0.15) is 75.6 Å². The van der Waals surface area contributed by atoms with E-state index in [0.717, 1.165) is 37.4 Å². The van der Waals surface area contributed by atoms with Gasteiger partial charge in [0.15, 0.2) is 5.82 Å². The van der Waals surface area contributed by atoms with E-state index < -0.39 is 0 Å². The van der Waals surface area contributed by atoms with Crippen LogP contribution in [0.25, 0.3) is 0 Å². The van der Waals surface area contributed by atoms with E-state index in [4.69, 9.17) is 9.72 Å². The number of anilines is 4. The molecular formula is C30H43N7O3. The number of fused-ring (bicyclic) bond motifs is 1. The summed E-state index contributed by atoms with van der Waals surface area (Å²) < 4.78 is 5.65. The van der Waals surface area contributed by atoms with Crippen LogP contribution < -0.4 is 25.2 Å². The Morgan fingerprint density at radius 1 is 1.10 bits per heavy atom. The van der Waals surface area contributed by atoms with Crippen LogP contribution >= 0.6 is 0 Å². The number of amides is 2. The highest BCUT2D eigenvalue weighted by Gasteiger charge is 2.32. The van der Waals surface area contributed by atoms with Crippen LogP contribution in [0.15, 0.2) is 24.4 Å². The summed E-state index contributed by atoms with van der Waals surface area (Å²) in [5.74, 6) is 1.67. The number of nitrogens with one attached hydrogen (secondary N) is 2. The van der Waals surface area contributed by atoms with E-state index in [-0.39, 0.29) is 17.4 Å². The van der Waals surface area contributed by atoms with Gasteiger partial charge in [0.2, 0.25) is 11.9 Å². The lowest BCUT2D eigenvalue weighted by Crippen LogP contribution is -2.53. The van der Waals surface area contributed by atoms with Gasteiger partial charge in [0.05, 0.1) is 19.0 Å². The van der Waals surface area contributed by atoms with E-state index in [1.54, 1.807) is 37.4 Å². The standard InChI is InChI=1S/C30H43N7O3/c1-30(2,36-15-8-5-9-16-36)20-32-28(39)21-12-13-23(25(18-21)40-4)33-29-31-19-24-27(34-29)37(22-10-6-7-11-22)17-14-26(38)35(24)3/h12-13,18-19,22H,5-11,14-17,20H2,1-4H3,(H,32,39)(H,31,33,34). The molecule has 5 rings (SSSR count). The molecule has 0 radical (unpaired) electrons. The molecule has 0 atom stereocenters. The molecule has 1 aromatic carbocycles. The molecule has 10 heteroatoms. The Hall–Kier alpha value is -3.40. The van der Waals surface area contributed by atoms with E-state index >= 15 is 0 Å². The summed E-state index contributed by atoms with van der Waals surface area (Å²) in [5, 5.41) is 6.40. The fraction of sp³-hybridized carbons (Fsp3) is 0.600. The first-order valence-corrected chi connectivity index (χ1v) is 14.7. The largest absolute Gasteiger partial charge is 0.495 e. The molecule has 1 aliphatic carbocycles. The van der Waals surface area contributed by atoms with Crippen LogP contribution in [0.5, 0.6) is 5.75 Å². The topological polar surface area (TPSA) is 103 Å². The number of likely N-dealkylation sites (tertiary alicyclic amines) is 1. The van der Waals surface area contributed by atoms with E-state index in [1.165, 1.54) is 32.1 Å². The summed E-state index contributed by atoms with van der Waals surface area (Å²) in [6, 6.07) is 5.73. The van der Waals surface area contributed by atoms with Crippen LogP contribution in [0, 0.1) is 0 Å². The average molecular weight is 550 g/mol. The minimum absolute atomic E-state index is 0.0703. The van der Waals surface area contributed by atoms with Crippen molar-refractivity contribution in [3.63, 3.8) is 0 Å². The van der Waals surface area contributed by atoms with Gasteiger partial charge >= 0.3 is 0 Å². The Kier molecular flexibility index (Phi) is 8.44. The molecule has 2 amide bonds. The third-order valence-corrected chi connectivity index (χ3v) is 8.69. The predicted molar refractivity (Wildman–Crippen MR) is 158 cm³/mol. The van der Waals surface area contributed by atoms with E-state index in [1.807, 2.05) is 6.07 Å². The van der Waals surface area contributed by atoms with Gasteiger partial charge in [-0.1, -0.05) is 19.3 Å². The molecule has 3 heterocycles. The number of ether oxygens (including phenoxy) is 1. The van der Waals surface area contributed by atoms with Crippen molar-refractivity contribution in [3.05, 3.63) is 30.0 Å². The smallest absolute Gasteiger partial charge is 0.251 e. The second-order valence-corrected chi connectivity index (χ2v) is 11.8. The number of aromatic nitrogens is 2. The van der Waals surface area contributed by atoms with Crippen molar-refractivity contribution in [2.24, 2.45) is 0 Å². The van der Waals surface area contributed by atoms with Crippen molar-refractivity contribution in [2.75, 3.05) is 55.5 Å². The lowest BCUT2D eigenvalue weighted by Gasteiger charge is -2.41. The quantitative estimate of drug-likeness (QED) is 0.501. The molecule has 2 aliphatic heterocycles. The Morgan fingerprint density at radius 3 is 2.58 bits per heavy atom. The van der Waals surface area contributed by atoms with Gasteiger partial charge in [0.1, 0.15) is 11.4 Å². The number of methoxy groups -OCH3 is 1. The monoisotopic (exact) mass is 549 g/mol. The summed E-state index contributed by atoms with van der Waals surface area (Å²) in [6.07, 6.45) is 10.5. The SMILES string of the molecule is COc1cc(C(=O)NCC(C)(C)N2CCCCC2)ccc1Nc1ncc2c(n1)N(C1CCCC1)CCC(=O)N2C. The fourth-order valence-corrected chi connectivity index (χ4v) is 6.14. The number of carbonyl (C=O) groups excluding carboxylic acids is 2. The van der Waals surface area contributed by atoms with Crippen LogP contribution in [0.4, 0.5) is 23.1 Å². The Balaban J connectivity index is 1.32. The highest BCUT2D eigenvalue weighted by molar-refractivity contribution is 5.97. The molecule has 0 spiro atoms. The molecule has 40 heavy (non-hydrogen) atoms. The summed E-state index contributed by atoms with van der Waals surface area (Å²) in [5.41, 5.74) is 1.83. The zero-order valence-corrected chi connectivity index (χ0v) is 24.3. The van der Waals surface area contributed by atoms with Crippen molar-refractivity contribution >= 4 is 35.0 Å². The zero-order chi connectivity index (χ0) is 28.3. The molecule has 10 nitrogen and oxygen atoms in total. The van der Waals surface area contributed by atoms with Crippen molar-refractivity contribution in [2.45, 2.75) is 76.8 Å². The molecule has 3 aliphatic rings. The number of carbonyl (C=O) groups is 2. The Labute approximate surface area is 237 Å². The summed E-state index contributed by atoms with van der Waals surface area (Å²) in [4.78, 5) is 41.5. The van der Waals surface area contributed by atoms with Gasteiger partial charge in [-0.05, 0) is 70.8 Å². The maximum absolute atomic E-state index is 13.1. The van der Waals surface area contributed by atoms with Crippen molar-refractivity contribution in [1.29, 1.82) is 0 Å². The van der Waals surface area contributed by atoms with Crippen LogP contribution in [-0.2, 0) is 4.79 Å². The van der Waals surface area contributed by atoms with Crippen LogP contribution in [0.3, 0.4) is 0 Å². The summed E-state index contributed by atoms with van der Waals surface area (Å²) in [7, 11) is 3.37. The van der Waals surface area contributed by atoms with Gasteiger partial charge in [-0.2, -0.15) is 4.98 Å². The minimum Gasteiger partial charge on any atom is -0.495 e. The molecule has 0 unspecified atom stereocenters. The first kappa shape index (κ1) is 28.1. The van der Waals surface area contributed by atoms with Crippen molar-refractivity contribution < 1.29 is 14.3 Å². The van der Waals surface area contributed by atoms with E-state index in [2.05, 4.69) is 39.3 Å². The highest BCUT2D eigenvalue weighted by Crippen LogP contribution is 2.37. The van der Waals surface area contributed by atoms with Crippen molar-refractivity contribution in [3.8, 4) is 5.75 Å². The Morgan fingerprint density at radius 2 is 1.85 bits per heavy atom. The number of hydrogen-bond donors (Lipinski definition) is 2. The molecule has 1 saturated carbocycles. The minimum atomic E-state index is -0.129. The van der Waals surface area contributed by atoms with Gasteiger partial charge in [0, 0.05) is 43.7 Å². The zero-order valence-electron chi connectivity index (χ0n) is 24.3. The lowest BCUT2D eigenvalue weighted by molar-refractivity contribution is -0.118. The van der Waals surface area contributed by atoms with Crippen LogP contribution in [-0.4, -0.2) is 78.6 Å². The normalized spacial score (nSPS) is 18.9. The van der Waals surface area contributed by atoms with Crippen molar-refractivity contribution in [1.82, 2.24) is 20.2 Å². The molecule has 0 bridgehead atoms. The third-order valence-electron chi connectivity index (χ3n) is 8.69. The number of piperidine rings is 1. The van der Waals surface area contributed by atoms with E-state index in [0.29, 0.717) is 48.5 Å². The summed E-state index contributed by atoms with van der Waals surface area (Å²) >= 11 is 0. The average Bonchev–Trinajstić information content (AvgIpc) is 3.47. The third kappa shape index (κ3) is 6.01. The van der Waals surface area contributed by atoms with Gasteiger partial charge in [-0.25, -0.2) is 4.98 Å². The van der Waals surface area contributed by atoms with Gasteiger partial charge in [-0.15, -0.1) is 0 Å². The summed E-state index contributed by atoms with van der Waals surface area (Å²) in [6.45, 7) is 7.76. The molecule has 2 N–H and O–H groups in total. The Bertz CT molecular complexity index is 1220. The fourth-order valence-electron chi connectivity index (χ4n) is 6.14. The number of benzene rings is 1. The second kappa shape index (κ2) is 12.0. The molecule has 2 fully saturated rings. The maximum atomic E-state index is 13.1. The number of rotatable bonds is 8. The second-order valence-electron chi connectivity index (χ2n) is 11.8. The predicted octanol–water partition coefficient (Wildman–Crippen LogP) is 4.34. The molecule has 1 aromatic heterocycles. The number of hydrogen-bond acceptors (Lipinski definition) is 8. The number of nitrogens with zero attached hydrogens (tertiary/aromatic N) is 5. The van der Waals surface area contributed by atoms with Crippen LogP contribution in [0.2, 0.25) is 0 Å². The lowest BCUT2D eigenvalue weighted by atomic mass is 9.98. The molecule has 1 saturated heterocycles. The van der Waals surface area contributed by atoms with E-state index in [9.17, 15) is 9.59 Å². The molecule has 216 valence electrons.